The van der Waals surface area contributed by atoms with E-state index in [2.05, 4.69) is 5.32 Å². The Morgan fingerprint density at radius 1 is 0.935 bits per heavy atom. The lowest BCUT2D eigenvalue weighted by atomic mass is 9.73. The summed E-state index contributed by atoms with van der Waals surface area (Å²) in [6, 6.07) is 7.73. The summed E-state index contributed by atoms with van der Waals surface area (Å²) >= 11 is 6.25. The van der Waals surface area contributed by atoms with Crippen molar-refractivity contribution in [1.82, 2.24) is 5.32 Å². The summed E-state index contributed by atoms with van der Waals surface area (Å²) < 4.78 is 65.9. The molecule has 1 N–H and O–H groups in total. The molecule has 1 aliphatic heterocycles. The van der Waals surface area contributed by atoms with Crippen molar-refractivity contribution in [2.45, 2.75) is 43.3 Å². The minimum absolute atomic E-state index is 0.0985. The van der Waals surface area contributed by atoms with E-state index in [-0.39, 0.29) is 36.3 Å². The molecular formula is C22H17ClF5NO2. The smallest absolute Gasteiger partial charge is 0.343 e. The van der Waals surface area contributed by atoms with Gasteiger partial charge in [-0.1, -0.05) is 23.7 Å². The van der Waals surface area contributed by atoms with Gasteiger partial charge in [0.1, 0.15) is 5.92 Å². The van der Waals surface area contributed by atoms with E-state index >= 15 is 0 Å². The van der Waals surface area contributed by atoms with Crippen molar-refractivity contribution < 1.29 is 31.5 Å². The molecule has 2 fully saturated rings. The Kier molecular flexibility index (Phi) is 5.32. The van der Waals surface area contributed by atoms with Crippen LogP contribution in [0.3, 0.4) is 0 Å². The SMILES string of the molecule is O=C1NC2(CCC(C(F)(F)F)CC2)C(=O)C1c1cc(-c2ccc(F)c(F)c2)ccc1Cl. The second kappa shape index (κ2) is 7.58. The molecule has 1 saturated carbocycles. The molecule has 1 atom stereocenters. The Labute approximate surface area is 179 Å². The predicted octanol–water partition coefficient (Wildman–Crippen LogP) is 5.56. The minimum atomic E-state index is -4.34. The summed E-state index contributed by atoms with van der Waals surface area (Å²) in [6.45, 7) is 0. The van der Waals surface area contributed by atoms with Crippen LogP contribution in [-0.4, -0.2) is 23.4 Å². The number of amides is 1. The average Bonchev–Trinajstić information content (AvgIpc) is 2.94. The van der Waals surface area contributed by atoms with Crippen LogP contribution < -0.4 is 5.32 Å². The number of halogens is 6. The molecule has 3 nitrogen and oxygen atoms in total. The molecule has 4 rings (SSSR count). The highest BCUT2D eigenvalue weighted by atomic mass is 35.5. The van der Waals surface area contributed by atoms with Gasteiger partial charge in [0, 0.05) is 5.02 Å². The van der Waals surface area contributed by atoms with Crippen LogP contribution in [0.2, 0.25) is 5.02 Å². The first-order valence-corrected chi connectivity index (χ1v) is 10.1. The second-order valence-electron chi connectivity index (χ2n) is 8.05. The number of hydrogen-bond acceptors (Lipinski definition) is 2. The fraction of sp³-hybridized carbons (Fsp3) is 0.364. The van der Waals surface area contributed by atoms with E-state index < -0.39 is 46.9 Å². The van der Waals surface area contributed by atoms with Gasteiger partial charge in [-0.15, -0.1) is 0 Å². The lowest BCUT2D eigenvalue weighted by Gasteiger charge is -2.36. The topological polar surface area (TPSA) is 46.2 Å². The zero-order valence-electron chi connectivity index (χ0n) is 16.0. The number of Topliss-reactive ketones (excluding diaryl/α,β-unsaturated/α-hetero) is 1. The summed E-state index contributed by atoms with van der Waals surface area (Å²) in [5, 5.41) is 2.74. The molecule has 1 spiro atoms. The lowest BCUT2D eigenvalue weighted by molar-refractivity contribution is -0.185. The van der Waals surface area contributed by atoms with E-state index in [0.29, 0.717) is 11.1 Å². The third-order valence-corrected chi connectivity index (χ3v) is 6.56. The maximum absolute atomic E-state index is 13.6. The van der Waals surface area contributed by atoms with E-state index in [1.54, 1.807) is 6.07 Å². The average molecular weight is 458 g/mol. The molecule has 9 heteroatoms. The number of carbonyl (C=O) groups excluding carboxylic acids is 2. The molecule has 0 bridgehead atoms. The Balaban J connectivity index is 1.65. The van der Waals surface area contributed by atoms with Crippen LogP contribution in [-0.2, 0) is 9.59 Å². The number of nitrogens with one attached hydrogen (secondary N) is 1. The highest BCUT2D eigenvalue weighted by Crippen LogP contribution is 2.46. The number of hydrogen-bond donors (Lipinski definition) is 1. The summed E-state index contributed by atoms with van der Waals surface area (Å²) in [5.41, 5.74) is -0.421. The largest absolute Gasteiger partial charge is 0.391 e. The molecule has 2 aliphatic rings. The molecule has 2 aromatic rings. The minimum Gasteiger partial charge on any atom is -0.343 e. The molecule has 1 saturated heterocycles. The summed E-state index contributed by atoms with van der Waals surface area (Å²) in [4.78, 5) is 25.9. The predicted molar refractivity (Wildman–Crippen MR) is 103 cm³/mol. The second-order valence-corrected chi connectivity index (χ2v) is 8.46. The van der Waals surface area contributed by atoms with E-state index in [1.165, 1.54) is 18.2 Å². The van der Waals surface area contributed by atoms with Crippen molar-refractivity contribution in [1.29, 1.82) is 0 Å². The van der Waals surface area contributed by atoms with Crippen molar-refractivity contribution >= 4 is 23.3 Å². The van der Waals surface area contributed by atoms with Crippen LogP contribution in [0.4, 0.5) is 22.0 Å². The van der Waals surface area contributed by atoms with Gasteiger partial charge >= 0.3 is 6.18 Å². The van der Waals surface area contributed by atoms with Crippen LogP contribution in [0, 0.1) is 17.6 Å². The number of rotatable bonds is 2. The van der Waals surface area contributed by atoms with Gasteiger partial charge in [0.15, 0.2) is 17.4 Å². The molecular weight excluding hydrogens is 441 g/mol. The zero-order valence-corrected chi connectivity index (χ0v) is 16.8. The van der Waals surface area contributed by atoms with Crippen LogP contribution >= 0.6 is 11.6 Å². The first-order valence-electron chi connectivity index (χ1n) is 9.70. The molecule has 2 aromatic carbocycles. The van der Waals surface area contributed by atoms with E-state index in [1.807, 2.05) is 0 Å². The fourth-order valence-corrected chi connectivity index (χ4v) is 4.70. The van der Waals surface area contributed by atoms with Gasteiger partial charge in [0.2, 0.25) is 5.91 Å². The summed E-state index contributed by atoms with van der Waals surface area (Å²) in [5.74, 6) is -5.98. The molecule has 1 unspecified atom stereocenters. The highest BCUT2D eigenvalue weighted by Gasteiger charge is 2.56. The van der Waals surface area contributed by atoms with Gasteiger partial charge in [-0.2, -0.15) is 13.2 Å². The van der Waals surface area contributed by atoms with Gasteiger partial charge in [0.25, 0.3) is 0 Å². The molecule has 0 aromatic heterocycles. The van der Waals surface area contributed by atoms with Crippen LogP contribution in [0.15, 0.2) is 36.4 Å². The van der Waals surface area contributed by atoms with Crippen LogP contribution in [0.25, 0.3) is 11.1 Å². The lowest BCUT2D eigenvalue weighted by Crippen LogP contribution is -2.50. The monoisotopic (exact) mass is 457 g/mol. The van der Waals surface area contributed by atoms with Gasteiger partial charge in [-0.3, -0.25) is 9.59 Å². The molecule has 1 aliphatic carbocycles. The van der Waals surface area contributed by atoms with Gasteiger partial charge in [-0.05, 0) is 66.6 Å². The van der Waals surface area contributed by atoms with Gasteiger partial charge < -0.3 is 5.32 Å². The van der Waals surface area contributed by atoms with E-state index in [9.17, 15) is 31.5 Å². The number of benzene rings is 2. The Morgan fingerprint density at radius 2 is 1.55 bits per heavy atom. The maximum Gasteiger partial charge on any atom is 0.391 e. The van der Waals surface area contributed by atoms with E-state index in [4.69, 9.17) is 11.6 Å². The first kappa shape index (κ1) is 21.7. The molecule has 164 valence electrons. The quantitative estimate of drug-likeness (QED) is 0.474. The normalized spacial score (nSPS) is 26.4. The number of carbonyl (C=O) groups is 2. The Bertz CT molecular complexity index is 1060. The van der Waals surface area contributed by atoms with Crippen molar-refractivity contribution in [3.63, 3.8) is 0 Å². The Morgan fingerprint density at radius 3 is 2.16 bits per heavy atom. The summed E-state index contributed by atoms with van der Waals surface area (Å²) in [6.07, 6.45) is -5.03. The van der Waals surface area contributed by atoms with Crippen LogP contribution in [0.1, 0.15) is 37.2 Å². The maximum atomic E-state index is 13.6. The number of ketones is 1. The van der Waals surface area contributed by atoms with Crippen molar-refractivity contribution in [3.8, 4) is 11.1 Å². The van der Waals surface area contributed by atoms with Crippen molar-refractivity contribution in [2.75, 3.05) is 0 Å². The molecule has 1 heterocycles. The third kappa shape index (κ3) is 3.82. The zero-order chi connectivity index (χ0) is 22.6. The first-order chi connectivity index (χ1) is 14.5. The molecule has 31 heavy (non-hydrogen) atoms. The van der Waals surface area contributed by atoms with Gasteiger partial charge in [-0.25, -0.2) is 8.78 Å². The van der Waals surface area contributed by atoms with Crippen molar-refractivity contribution in [3.05, 3.63) is 58.6 Å². The molecule has 1 amide bonds. The summed E-state index contributed by atoms with van der Waals surface area (Å²) in [7, 11) is 0. The highest BCUT2D eigenvalue weighted by molar-refractivity contribution is 6.33. The Hall–Kier alpha value is -2.48. The number of alkyl halides is 3. The van der Waals surface area contributed by atoms with E-state index in [0.717, 1.165) is 12.1 Å². The van der Waals surface area contributed by atoms with Gasteiger partial charge in [0.05, 0.1) is 11.5 Å². The third-order valence-electron chi connectivity index (χ3n) is 6.22. The van der Waals surface area contributed by atoms with Crippen molar-refractivity contribution in [2.24, 2.45) is 5.92 Å². The van der Waals surface area contributed by atoms with Crippen LogP contribution in [0.5, 0.6) is 0 Å². The molecule has 0 radical (unpaired) electrons. The standard InChI is InChI=1S/C22H17ClF5NO2/c23-15-3-1-11(12-2-4-16(24)17(25)10-12)9-14(15)18-19(30)21(29-20(18)31)7-5-13(6-8-21)22(26,27)28/h1-4,9-10,13,18H,5-8H2,(H,29,31). The fourth-order valence-electron chi connectivity index (χ4n) is 4.48.